The van der Waals surface area contributed by atoms with E-state index in [0.29, 0.717) is 6.54 Å². The van der Waals surface area contributed by atoms with Crippen molar-refractivity contribution in [3.63, 3.8) is 0 Å². The number of nitrogens with zero attached hydrogens (tertiary/aromatic N) is 2. The van der Waals surface area contributed by atoms with E-state index in [-0.39, 0.29) is 6.61 Å². The van der Waals surface area contributed by atoms with Gasteiger partial charge in [-0.25, -0.2) is 4.98 Å². The van der Waals surface area contributed by atoms with Crippen molar-refractivity contribution in [2.24, 2.45) is 0 Å². The number of benzene rings is 1. The van der Waals surface area contributed by atoms with Crippen molar-refractivity contribution in [3.8, 4) is 5.75 Å². The molecule has 0 aliphatic carbocycles. The molecule has 20 heavy (non-hydrogen) atoms. The average Bonchev–Trinajstić information content (AvgIpc) is 2.47. The van der Waals surface area contributed by atoms with Crippen LogP contribution in [-0.2, 0) is 13.2 Å². The molecule has 0 amide bonds. The summed E-state index contributed by atoms with van der Waals surface area (Å²) >= 11 is 0. The minimum absolute atomic E-state index is 0.0266. The molecule has 0 fully saturated rings. The zero-order chi connectivity index (χ0) is 14.5. The number of rotatable bonds is 5. The smallest absolute Gasteiger partial charge is 0.129 e. The van der Waals surface area contributed by atoms with Gasteiger partial charge in [-0.05, 0) is 30.7 Å². The lowest BCUT2D eigenvalue weighted by Gasteiger charge is -2.20. The molecule has 0 radical (unpaired) electrons. The standard InChI is InChI=1S/C16H20N2O2/c1-12-8-13(11-19)9-16(17-12)18(2)10-14-6-4-5-7-15(14)20-3/h4-9,19H,10-11H2,1-3H3. The van der Waals surface area contributed by atoms with Gasteiger partial charge in [0, 0.05) is 24.8 Å². The maximum Gasteiger partial charge on any atom is 0.129 e. The van der Waals surface area contributed by atoms with E-state index in [0.717, 1.165) is 28.4 Å². The van der Waals surface area contributed by atoms with Gasteiger partial charge in [-0.3, -0.25) is 0 Å². The van der Waals surface area contributed by atoms with Gasteiger partial charge < -0.3 is 14.7 Å². The first kappa shape index (κ1) is 14.3. The van der Waals surface area contributed by atoms with Crippen molar-refractivity contribution in [1.29, 1.82) is 0 Å². The van der Waals surface area contributed by atoms with Crippen LogP contribution in [0.15, 0.2) is 36.4 Å². The summed E-state index contributed by atoms with van der Waals surface area (Å²) in [6.45, 7) is 2.66. The Labute approximate surface area is 119 Å². The lowest BCUT2D eigenvalue weighted by atomic mass is 10.2. The van der Waals surface area contributed by atoms with Gasteiger partial charge >= 0.3 is 0 Å². The fraction of sp³-hybridized carbons (Fsp3) is 0.312. The monoisotopic (exact) mass is 272 g/mol. The van der Waals surface area contributed by atoms with Gasteiger partial charge in [0.25, 0.3) is 0 Å². The summed E-state index contributed by atoms with van der Waals surface area (Å²) < 4.78 is 5.36. The van der Waals surface area contributed by atoms with Crippen LogP contribution in [0.2, 0.25) is 0 Å². The molecular formula is C16H20N2O2. The fourth-order valence-corrected chi connectivity index (χ4v) is 2.18. The maximum absolute atomic E-state index is 9.27. The maximum atomic E-state index is 9.27. The summed E-state index contributed by atoms with van der Waals surface area (Å²) in [6, 6.07) is 11.7. The Kier molecular flexibility index (Phi) is 4.58. The average molecular weight is 272 g/mol. The lowest BCUT2D eigenvalue weighted by Crippen LogP contribution is -2.18. The largest absolute Gasteiger partial charge is 0.496 e. The van der Waals surface area contributed by atoms with Crippen molar-refractivity contribution >= 4 is 5.82 Å². The van der Waals surface area contributed by atoms with Crippen LogP contribution in [0.4, 0.5) is 5.82 Å². The predicted octanol–water partition coefficient (Wildman–Crippen LogP) is 2.53. The number of para-hydroxylation sites is 1. The Bertz CT molecular complexity index is 584. The van der Waals surface area contributed by atoms with Crippen LogP contribution in [-0.4, -0.2) is 24.2 Å². The number of ether oxygens (including phenoxy) is 1. The highest BCUT2D eigenvalue weighted by atomic mass is 16.5. The van der Waals surface area contributed by atoms with Gasteiger partial charge in [-0.1, -0.05) is 18.2 Å². The van der Waals surface area contributed by atoms with Gasteiger partial charge in [0.15, 0.2) is 0 Å². The number of aliphatic hydroxyl groups excluding tert-OH is 1. The Morgan fingerprint density at radius 2 is 2.00 bits per heavy atom. The van der Waals surface area contributed by atoms with E-state index in [4.69, 9.17) is 4.74 Å². The molecule has 106 valence electrons. The number of pyridine rings is 1. The zero-order valence-corrected chi connectivity index (χ0v) is 12.1. The van der Waals surface area contributed by atoms with E-state index in [1.54, 1.807) is 7.11 Å². The highest BCUT2D eigenvalue weighted by Gasteiger charge is 2.09. The van der Waals surface area contributed by atoms with E-state index in [9.17, 15) is 5.11 Å². The molecule has 1 N–H and O–H groups in total. The molecule has 0 spiro atoms. The van der Waals surface area contributed by atoms with E-state index >= 15 is 0 Å². The number of hydrogen-bond donors (Lipinski definition) is 1. The number of hydrogen-bond acceptors (Lipinski definition) is 4. The summed E-state index contributed by atoms with van der Waals surface area (Å²) in [5, 5.41) is 9.27. The van der Waals surface area contributed by atoms with Crippen molar-refractivity contribution in [1.82, 2.24) is 4.98 Å². The molecule has 4 heteroatoms. The molecule has 1 heterocycles. The molecule has 4 nitrogen and oxygen atoms in total. The number of aliphatic hydroxyl groups is 1. The first-order chi connectivity index (χ1) is 9.63. The van der Waals surface area contributed by atoms with Crippen molar-refractivity contribution < 1.29 is 9.84 Å². The third kappa shape index (κ3) is 3.27. The van der Waals surface area contributed by atoms with Crippen LogP contribution in [0, 0.1) is 6.92 Å². The van der Waals surface area contributed by atoms with Crippen LogP contribution in [0.3, 0.4) is 0 Å². The number of methoxy groups -OCH3 is 1. The second kappa shape index (κ2) is 6.39. The quantitative estimate of drug-likeness (QED) is 0.908. The Morgan fingerprint density at radius 3 is 2.70 bits per heavy atom. The highest BCUT2D eigenvalue weighted by Crippen LogP contribution is 2.22. The summed E-state index contributed by atoms with van der Waals surface area (Å²) in [5.41, 5.74) is 2.88. The fourth-order valence-electron chi connectivity index (χ4n) is 2.18. The third-order valence-corrected chi connectivity index (χ3v) is 3.17. The van der Waals surface area contributed by atoms with Crippen LogP contribution in [0.1, 0.15) is 16.8 Å². The normalized spacial score (nSPS) is 10.4. The predicted molar refractivity (Wildman–Crippen MR) is 80.0 cm³/mol. The second-order valence-corrected chi connectivity index (χ2v) is 4.80. The minimum Gasteiger partial charge on any atom is -0.496 e. The van der Waals surface area contributed by atoms with Crippen LogP contribution < -0.4 is 9.64 Å². The second-order valence-electron chi connectivity index (χ2n) is 4.80. The summed E-state index contributed by atoms with van der Waals surface area (Å²) in [6.07, 6.45) is 0. The number of aryl methyl sites for hydroxylation is 1. The van der Waals surface area contributed by atoms with Gasteiger partial charge in [0.1, 0.15) is 11.6 Å². The SMILES string of the molecule is COc1ccccc1CN(C)c1cc(CO)cc(C)n1. The van der Waals surface area contributed by atoms with Gasteiger partial charge in [0.05, 0.1) is 13.7 Å². The molecular weight excluding hydrogens is 252 g/mol. The van der Waals surface area contributed by atoms with Crippen molar-refractivity contribution in [2.45, 2.75) is 20.1 Å². The van der Waals surface area contributed by atoms with Gasteiger partial charge in [-0.15, -0.1) is 0 Å². The van der Waals surface area contributed by atoms with Crippen LogP contribution in [0.25, 0.3) is 0 Å². The number of aromatic nitrogens is 1. The molecule has 2 aromatic rings. The van der Waals surface area contributed by atoms with Gasteiger partial charge in [0.2, 0.25) is 0 Å². The molecule has 1 aromatic carbocycles. The van der Waals surface area contributed by atoms with Crippen molar-refractivity contribution in [3.05, 3.63) is 53.2 Å². The lowest BCUT2D eigenvalue weighted by molar-refractivity contribution is 0.281. The topological polar surface area (TPSA) is 45.6 Å². The molecule has 2 rings (SSSR count). The molecule has 0 aliphatic rings. The Balaban J connectivity index is 2.23. The Hall–Kier alpha value is -2.07. The molecule has 0 saturated heterocycles. The molecule has 1 aromatic heterocycles. The molecule has 0 bridgehead atoms. The van der Waals surface area contributed by atoms with Crippen molar-refractivity contribution in [2.75, 3.05) is 19.1 Å². The molecule has 0 aliphatic heterocycles. The van der Waals surface area contributed by atoms with E-state index in [1.165, 1.54) is 0 Å². The summed E-state index contributed by atoms with van der Waals surface area (Å²) in [5.74, 6) is 1.72. The summed E-state index contributed by atoms with van der Waals surface area (Å²) in [4.78, 5) is 6.55. The molecule has 0 unspecified atom stereocenters. The van der Waals surface area contributed by atoms with E-state index in [2.05, 4.69) is 4.98 Å². The molecule has 0 atom stereocenters. The van der Waals surface area contributed by atoms with E-state index in [1.807, 2.05) is 55.3 Å². The van der Waals surface area contributed by atoms with Crippen LogP contribution in [0.5, 0.6) is 5.75 Å². The minimum atomic E-state index is 0.0266. The molecule has 0 saturated carbocycles. The summed E-state index contributed by atoms with van der Waals surface area (Å²) in [7, 11) is 3.66. The van der Waals surface area contributed by atoms with Crippen LogP contribution >= 0.6 is 0 Å². The van der Waals surface area contributed by atoms with Gasteiger partial charge in [-0.2, -0.15) is 0 Å². The first-order valence-corrected chi connectivity index (χ1v) is 6.55. The zero-order valence-electron chi connectivity index (χ0n) is 12.1. The van der Waals surface area contributed by atoms with E-state index < -0.39 is 0 Å². The highest BCUT2D eigenvalue weighted by molar-refractivity contribution is 5.44. The third-order valence-electron chi connectivity index (χ3n) is 3.17. The Morgan fingerprint density at radius 1 is 1.25 bits per heavy atom. The number of anilines is 1. The first-order valence-electron chi connectivity index (χ1n) is 6.55.